The number of likely N-dealkylation sites (tertiary alicyclic amines) is 1. The number of nitrogens with zero attached hydrogens (tertiary/aromatic N) is 1. The van der Waals surface area contributed by atoms with Crippen LogP contribution in [0, 0.1) is 0 Å². The van der Waals surface area contributed by atoms with E-state index in [4.69, 9.17) is 4.74 Å². The molecule has 1 amide bonds. The molecule has 1 saturated heterocycles. The number of carbonyl (C=O) groups excluding carboxylic acids is 2. The van der Waals surface area contributed by atoms with Gasteiger partial charge in [0.2, 0.25) is 5.91 Å². The largest absolute Gasteiger partial charge is 0.467 e. The molecule has 1 aliphatic rings. The molecule has 1 heterocycles. The van der Waals surface area contributed by atoms with E-state index in [9.17, 15) is 9.59 Å². The third-order valence-corrected chi connectivity index (χ3v) is 4.09. The van der Waals surface area contributed by atoms with Crippen molar-refractivity contribution in [3.05, 3.63) is 34.3 Å². The minimum absolute atomic E-state index is 0.0116. The van der Waals surface area contributed by atoms with Gasteiger partial charge in [-0.15, -0.1) is 0 Å². The highest BCUT2D eigenvalue weighted by atomic mass is 79.9. The Kier molecular flexibility index (Phi) is 5.17. The van der Waals surface area contributed by atoms with Gasteiger partial charge in [-0.3, -0.25) is 4.79 Å². The molecule has 0 radical (unpaired) electrons. The number of hydrogen-bond acceptors (Lipinski definition) is 3. The highest BCUT2D eigenvalue weighted by Crippen LogP contribution is 2.20. The smallest absolute Gasteiger partial charge is 0.328 e. The third-order valence-electron chi connectivity index (χ3n) is 3.57. The maximum atomic E-state index is 12.4. The summed E-state index contributed by atoms with van der Waals surface area (Å²) in [5.41, 5.74) is 0.951. The number of halogens is 1. The highest BCUT2D eigenvalue weighted by molar-refractivity contribution is 9.10. The van der Waals surface area contributed by atoms with Crippen molar-refractivity contribution in [1.82, 2.24) is 4.90 Å². The summed E-state index contributed by atoms with van der Waals surface area (Å²) in [7, 11) is 1.37. The number of carbonyl (C=O) groups is 2. The Morgan fingerprint density at radius 1 is 1.30 bits per heavy atom. The lowest BCUT2D eigenvalue weighted by molar-refractivity contribution is -0.154. The molecule has 0 bridgehead atoms. The maximum absolute atomic E-state index is 12.4. The molecule has 108 valence electrons. The summed E-state index contributed by atoms with van der Waals surface area (Å²) in [6, 6.07) is 7.24. The zero-order chi connectivity index (χ0) is 14.5. The third kappa shape index (κ3) is 3.60. The molecule has 1 aliphatic heterocycles. The molecule has 1 aromatic rings. The van der Waals surface area contributed by atoms with Gasteiger partial charge < -0.3 is 9.64 Å². The number of esters is 1. The molecule has 0 aliphatic carbocycles. The Balaban J connectivity index is 2.05. The molecule has 1 fully saturated rings. The second kappa shape index (κ2) is 6.88. The van der Waals surface area contributed by atoms with Gasteiger partial charge >= 0.3 is 5.97 Å². The molecule has 4 nitrogen and oxygen atoms in total. The van der Waals surface area contributed by atoms with Gasteiger partial charge in [0.25, 0.3) is 0 Å². The molecule has 1 atom stereocenters. The Morgan fingerprint density at radius 2 is 2.00 bits per heavy atom. The van der Waals surface area contributed by atoms with Crippen molar-refractivity contribution in [2.45, 2.75) is 31.7 Å². The Bertz CT molecular complexity index is 486. The van der Waals surface area contributed by atoms with Crippen molar-refractivity contribution in [2.75, 3.05) is 13.7 Å². The topological polar surface area (TPSA) is 46.6 Å². The summed E-state index contributed by atoms with van der Waals surface area (Å²) in [6.07, 6.45) is 2.92. The van der Waals surface area contributed by atoms with E-state index in [-0.39, 0.29) is 11.9 Å². The second-order valence-corrected chi connectivity index (χ2v) is 5.84. The van der Waals surface area contributed by atoms with Crippen LogP contribution in [0.1, 0.15) is 24.8 Å². The minimum atomic E-state index is -0.420. The van der Waals surface area contributed by atoms with Crippen molar-refractivity contribution >= 4 is 27.8 Å². The number of benzene rings is 1. The average Bonchev–Trinajstić information content (AvgIpc) is 2.48. The van der Waals surface area contributed by atoms with Crippen LogP contribution in [0.4, 0.5) is 0 Å². The van der Waals surface area contributed by atoms with Crippen molar-refractivity contribution < 1.29 is 14.3 Å². The van der Waals surface area contributed by atoms with Gasteiger partial charge in [-0.05, 0) is 37.0 Å². The van der Waals surface area contributed by atoms with E-state index in [0.717, 1.165) is 22.9 Å². The Labute approximate surface area is 127 Å². The fraction of sp³-hybridized carbons (Fsp3) is 0.467. The number of rotatable bonds is 3. The molecule has 2 rings (SSSR count). The van der Waals surface area contributed by atoms with Gasteiger partial charge in [-0.2, -0.15) is 0 Å². The number of hydrogen-bond donors (Lipinski definition) is 0. The SMILES string of the molecule is COC(=O)[C@H]1CCCCN1C(=O)Cc1ccc(Br)cc1. The molecule has 20 heavy (non-hydrogen) atoms. The molecule has 0 spiro atoms. The zero-order valence-electron chi connectivity index (χ0n) is 11.5. The van der Waals surface area contributed by atoms with Crippen LogP contribution in [0.25, 0.3) is 0 Å². The number of amides is 1. The summed E-state index contributed by atoms with van der Waals surface area (Å²) < 4.78 is 5.78. The monoisotopic (exact) mass is 339 g/mol. The van der Waals surface area contributed by atoms with E-state index in [1.807, 2.05) is 24.3 Å². The molecule has 0 aromatic heterocycles. The summed E-state index contributed by atoms with van der Waals surface area (Å²) in [4.78, 5) is 25.8. The summed E-state index contributed by atoms with van der Waals surface area (Å²) >= 11 is 3.37. The second-order valence-electron chi connectivity index (χ2n) is 4.93. The van der Waals surface area contributed by atoms with Crippen LogP contribution in [0.3, 0.4) is 0 Å². The van der Waals surface area contributed by atoms with Crippen LogP contribution in [-0.2, 0) is 20.7 Å². The fourth-order valence-corrected chi connectivity index (χ4v) is 2.75. The van der Waals surface area contributed by atoms with Crippen molar-refractivity contribution in [3.63, 3.8) is 0 Å². The van der Waals surface area contributed by atoms with Gasteiger partial charge in [0.15, 0.2) is 0 Å². The normalized spacial score (nSPS) is 18.7. The minimum Gasteiger partial charge on any atom is -0.467 e. The van der Waals surface area contributed by atoms with Gasteiger partial charge in [0.05, 0.1) is 13.5 Å². The predicted molar refractivity (Wildman–Crippen MR) is 79.2 cm³/mol. The molecular formula is C15H18BrNO3. The van der Waals surface area contributed by atoms with E-state index < -0.39 is 6.04 Å². The lowest BCUT2D eigenvalue weighted by Gasteiger charge is -2.33. The van der Waals surface area contributed by atoms with Crippen LogP contribution < -0.4 is 0 Å². The van der Waals surface area contributed by atoms with Gasteiger partial charge in [0, 0.05) is 11.0 Å². The quantitative estimate of drug-likeness (QED) is 0.795. The maximum Gasteiger partial charge on any atom is 0.328 e. The van der Waals surface area contributed by atoms with E-state index in [1.54, 1.807) is 4.90 Å². The zero-order valence-corrected chi connectivity index (χ0v) is 13.1. The fourth-order valence-electron chi connectivity index (χ4n) is 2.49. The molecule has 5 heteroatoms. The van der Waals surface area contributed by atoms with E-state index >= 15 is 0 Å². The average molecular weight is 340 g/mol. The number of ether oxygens (including phenoxy) is 1. The lowest BCUT2D eigenvalue weighted by atomic mass is 10.0. The first-order chi connectivity index (χ1) is 9.61. The highest BCUT2D eigenvalue weighted by Gasteiger charge is 2.32. The van der Waals surface area contributed by atoms with Crippen molar-refractivity contribution in [3.8, 4) is 0 Å². The van der Waals surface area contributed by atoms with E-state index in [1.165, 1.54) is 7.11 Å². The molecule has 0 unspecified atom stereocenters. The van der Waals surface area contributed by atoms with Gasteiger partial charge in [-0.25, -0.2) is 4.79 Å². The van der Waals surface area contributed by atoms with Crippen LogP contribution in [0.2, 0.25) is 0 Å². The van der Waals surface area contributed by atoms with Gasteiger partial charge in [-0.1, -0.05) is 28.1 Å². The standard InChI is InChI=1S/C15H18BrNO3/c1-20-15(19)13-4-2-3-9-17(13)14(18)10-11-5-7-12(16)8-6-11/h5-8,13H,2-4,9-10H2,1H3/t13-/m1/s1. The van der Waals surface area contributed by atoms with Crippen molar-refractivity contribution in [2.24, 2.45) is 0 Å². The summed E-state index contributed by atoms with van der Waals surface area (Å²) in [5.74, 6) is -0.323. The van der Waals surface area contributed by atoms with Crippen molar-refractivity contribution in [1.29, 1.82) is 0 Å². The predicted octanol–water partition coefficient (Wildman–Crippen LogP) is 2.55. The first kappa shape index (κ1) is 15.0. The van der Waals surface area contributed by atoms with Crippen LogP contribution in [0.15, 0.2) is 28.7 Å². The Morgan fingerprint density at radius 3 is 2.65 bits per heavy atom. The molecular weight excluding hydrogens is 322 g/mol. The summed E-state index contributed by atoms with van der Waals surface area (Å²) in [6.45, 7) is 0.634. The van der Waals surface area contributed by atoms with E-state index in [2.05, 4.69) is 15.9 Å². The Hall–Kier alpha value is -1.36. The number of methoxy groups -OCH3 is 1. The molecule has 0 saturated carbocycles. The van der Waals surface area contributed by atoms with Gasteiger partial charge in [0.1, 0.15) is 6.04 Å². The lowest BCUT2D eigenvalue weighted by Crippen LogP contribution is -2.49. The summed E-state index contributed by atoms with van der Waals surface area (Å²) in [5, 5.41) is 0. The molecule has 1 aromatic carbocycles. The molecule has 0 N–H and O–H groups in total. The van der Waals surface area contributed by atoms with Crippen LogP contribution >= 0.6 is 15.9 Å². The van der Waals surface area contributed by atoms with Crippen LogP contribution in [0.5, 0.6) is 0 Å². The van der Waals surface area contributed by atoms with E-state index in [0.29, 0.717) is 19.4 Å². The van der Waals surface area contributed by atoms with Crippen LogP contribution in [-0.4, -0.2) is 36.5 Å². The first-order valence-corrected chi connectivity index (χ1v) is 7.53. The first-order valence-electron chi connectivity index (χ1n) is 6.73. The number of piperidine rings is 1.